The molecular weight excluding hydrogens is 435 g/mol. The highest BCUT2D eigenvalue weighted by atomic mass is 19.1. The number of carbonyl (C=O) groups is 2. The third kappa shape index (κ3) is 4.14. The molecule has 1 aromatic heterocycles. The van der Waals surface area contributed by atoms with Crippen molar-refractivity contribution in [3.63, 3.8) is 0 Å². The maximum atomic E-state index is 14.8. The number of carboxylic acids is 1. The van der Waals surface area contributed by atoms with Crippen molar-refractivity contribution in [2.45, 2.75) is 31.7 Å². The van der Waals surface area contributed by atoms with E-state index in [1.165, 1.54) is 6.07 Å². The van der Waals surface area contributed by atoms with Crippen molar-refractivity contribution in [3.8, 4) is 16.9 Å². The molecular formula is C27H25FN2O4. The van der Waals surface area contributed by atoms with Crippen LogP contribution in [0.3, 0.4) is 0 Å². The zero-order chi connectivity index (χ0) is 23.8. The Kier molecular flexibility index (Phi) is 5.77. The minimum Gasteiger partial charge on any atom is -0.496 e. The van der Waals surface area contributed by atoms with Crippen LogP contribution in [0.1, 0.15) is 34.7 Å². The number of aliphatic carboxylic acids is 1. The van der Waals surface area contributed by atoms with Crippen molar-refractivity contribution in [3.05, 3.63) is 82.9 Å². The summed E-state index contributed by atoms with van der Waals surface area (Å²) in [5, 5.41) is 9.21. The van der Waals surface area contributed by atoms with Gasteiger partial charge in [0.25, 0.3) is 0 Å². The molecule has 174 valence electrons. The average molecular weight is 461 g/mol. The topological polar surface area (TPSA) is 79.7 Å². The van der Waals surface area contributed by atoms with Crippen molar-refractivity contribution in [2.75, 3.05) is 13.7 Å². The van der Waals surface area contributed by atoms with E-state index in [1.54, 1.807) is 37.6 Å². The number of carboxylic acid groups (broad SMARTS) is 1. The Morgan fingerprint density at radius 2 is 2.00 bits per heavy atom. The van der Waals surface area contributed by atoms with E-state index in [-0.39, 0.29) is 30.0 Å². The number of rotatable bonds is 6. The summed E-state index contributed by atoms with van der Waals surface area (Å²) in [5.41, 5.74) is 4.37. The predicted octanol–water partition coefficient (Wildman–Crippen LogP) is 4.21. The summed E-state index contributed by atoms with van der Waals surface area (Å²) in [5.74, 6) is -0.533. The fourth-order valence-corrected chi connectivity index (χ4v) is 4.95. The van der Waals surface area contributed by atoms with Gasteiger partial charge in [0.05, 0.1) is 13.5 Å². The number of halogens is 1. The SMILES string of the molecule is COc1ccc(CC(=O)O)cc1-c1ccc(F)c2c1CN(C(=O)[C@@H]1C[C@H]1c1ccccn1)CC2. The molecule has 5 rings (SSSR count). The summed E-state index contributed by atoms with van der Waals surface area (Å²) in [6.07, 6.45) is 2.83. The molecule has 0 radical (unpaired) electrons. The minimum absolute atomic E-state index is 0.0723. The van der Waals surface area contributed by atoms with Crippen molar-refractivity contribution in [1.29, 1.82) is 0 Å². The van der Waals surface area contributed by atoms with Crippen LogP contribution >= 0.6 is 0 Å². The zero-order valence-corrected chi connectivity index (χ0v) is 18.8. The van der Waals surface area contributed by atoms with Crippen LogP contribution in [0, 0.1) is 11.7 Å². The fourth-order valence-electron chi connectivity index (χ4n) is 4.95. The van der Waals surface area contributed by atoms with Gasteiger partial charge < -0.3 is 14.7 Å². The number of fused-ring (bicyclic) bond motifs is 1. The van der Waals surface area contributed by atoms with Gasteiger partial charge in [-0.2, -0.15) is 0 Å². The molecule has 1 aliphatic heterocycles. The lowest BCUT2D eigenvalue weighted by atomic mass is 9.89. The molecule has 2 aromatic carbocycles. The number of methoxy groups -OCH3 is 1. The van der Waals surface area contributed by atoms with E-state index in [9.17, 15) is 19.1 Å². The van der Waals surface area contributed by atoms with Gasteiger partial charge in [-0.15, -0.1) is 0 Å². The zero-order valence-electron chi connectivity index (χ0n) is 18.8. The predicted molar refractivity (Wildman–Crippen MR) is 124 cm³/mol. The Hall–Kier alpha value is -3.74. The first-order valence-electron chi connectivity index (χ1n) is 11.3. The van der Waals surface area contributed by atoms with Crippen LogP contribution in [0.2, 0.25) is 0 Å². The number of amides is 1. The maximum absolute atomic E-state index is 14.8. The largest absolute Gasteiger partial charge is 0.496 e. The Morgan fingerprint density at radius 1 is 1.15 bits per heavy atom. The van der Waals surface area contributed by atoms with Crippen LogP contribution in [0.15, 0.2) is 54.7 Å². The van der Waals surface area contributed by atoms with Crippen LogP contribution < -0.4 is 4.74 Å². The number of carbonyl (C=O) groups excluding carboxylic acids is 1. The summed E-state index contributed by atoms with van der Waals surface area (Å²) in [6, 6.07) is 14.1. The average Bonchev–Trinajstić information content (AvgIpc) is 3.65. The molecule has 2 heterocycles. The van der Waals surface area contributed by atoms with E-state index >= 15 is 0 Å². The molecule has 1 fully saturated rings. The highest BCUT2D eigenvalue weighted by Gasteiger charge is 2.47. The third-order valence-corrected chi connectivity index (χ3v) is 6.75. The van der Waals surface area contributed by atoms with Crippen LogP contribution in [0.5, 0.6) is 5.75 Å². The number of hydrogen-bond acceptors (Lipinski definition) is 4. The third-order valence-electron chi connectivity index (χ3n) is 6.75. The standard InChI is InChI=1S/C27H25FN2O4/c1-34-25-8-5-16(13-26(31)32)12-20(25)17-6-7-23(28)18-9-11-30(15-22(17)18)27(33)21-14-19(21)24-4-2-3-10-29-24/h2-8,10,12,19,21H,9,11,13-15H2,1H3,(H,31,32)/t19-,21-/m1/s1. The molecule has 7 heteroatoms. The van der Waals surface area contributed by atoms with Gasteiger partial charge in [-0.1, -0.05) is 18.2 Å². The van der Waals surface area contributed by atoms with Crippen LogP contribution in [0.25, 0.3) is 11.1 Å². The molecule has 1 saturated carbocycles. The van der Waals surface area contributed by atoms with Crippen molar-refractivity contribution < 1.29 is 23.8 Å². The summed E-state index contributed by atoms with van der Waals surface area (Å²) in [4.78, 5) is 30.7. The molecule has 1 N–H and O–H groups in total. The quantitative estimate of drug-likeness (QED) is 0.596. The molecule has 2 aliphatic rings. The van der Waals surface area contributed by atoms with Gasteiger partial charge in [-0.3, -0.25) is 14.6 Å². The number of ether oxygens (including phenoxy) is 1. The highest BCUT2D eigenvalue weighted by molar-refractivity contribution is 5.84. The van der Waals surface area contributed by atoms with E-state index in [1.807, 2.05) is 23.1 Å². The number of benzene rings is 2. The molecule has 0 bridgehead atoms. The van der Waals surface area contributed by atoms with Crippen LogP contribution in [-0.2, 0) is 29.0 Å². The first kappa shape index (κ1) is 22.1. The molecule has 1 aliphatic carbocycles. The molecule has 0 unspecified atom stereocenters. The van der Waals surface area contributed by atoms with Gasteiger partial charge in [0.15, 0.2) is 0 Å². The Morgan fingerprint density at radius 3 is 2.74 bits per heavy atom. The second-order valence-corrected chi connectivity index (χ2v) is 8.87. The number of pyridine rings is 1. The van der Waals surface area contributed by atoms with E-state index in [4.69, 9.17) is 4.74 Å². The number of nitrogens with zero attached hydrogens (tertiary/aromatic N) is 2. The fraction of sp³-hybridized carbons (Fsp3) is 0.296. The first-order valence-corrected chi connectivity index (χ1v) is 11.3. The van der Waals surface area contributed by atoms with Gasteiger partial charge in [0.2, 0.25) is 5.91 Å². The maximum Gasteiger partial charge on any atom is 0.307 e. The molecule has 0 spiro atoms. The van der Waals surface area contributed by atoms with Gasteiger partial charge in [-0.25, -0.2) is 4.39 Å². The molecule has 2 atom stereocenters. The van der Waals surface area contributed by atoms with Gasteiger partial charge in [0.1, 0.15) is 11.6 Å². The van der Waals surface area contributed by atoms with E-state index in [2.05, 4.69) is 4.98 Å². The second-order valence-electron chi connectivity index (χ2n) is 8.87. The van der Waals surface area contributed by atoms with Crippen LogP contribution in [-0.4, -0.2) is 40.5 Å². The lowest BCUT2D eigenvalue weighted by molar-refractivity contribution is -0.136. The lowest BCUT2D eigenvalue weighted by Crippen LogP contribution is -2.37. The summed E-state index contributed by atoms with van der Waals surface area (Å²) in [6.45, 7) is 0.771. The van der Waals surface area contributed by atoms with Crippen molar-refractivity contribution >= 4 is 11.9 Å². The van der Waals surface area contributed by atoms with Crippen molar-refractivity contribution in [1.82, 2.24) is 9.88 Å². The highest BCUT2D eigenvalue weighted by Crippen LogP contribution is 2.48. The van der Waals surface area contributed by atoms with Crippen LogP contribution in [0.4, 0.5) is 4.39 Å². The first-order chi connectivity index (χ1) is 16.5. The molecule has 1 amide bonds. The normalized spacial score (nSPS) is 18.8. The summed E-state index contributed by atoms with van der Waals surface area (Å²) in [7, 11) is 1.55. The molecule has 6 nitrogen and oxygen atoms in total. The van der Waals surface area contributed by atoms with Crippen molar-refractivity contribution in [2.24, 2.45) is 5.92 Å². The van der Waals surface area contributed by atoms with E-state index in [0.29, 0.717) is 42.0 Å². The summed E-state index contributed by atoms with van der Waals surface area (Å²) < 4.78 is 20.3. The Balaban J connectivity index is 1.46. The molecule has 34 heavy (non-hydrogen) atoms. The minimum atomic E-state index is -0.930. The van der Waals surface area contributed by atoms with E-state index < -0.39 is 5.97 Å². The molecule has 0 saturated heterocycles. The summed E-state index contributed by atoms with van der Waals surface area (Å²) >= 11 is 0. The smallest absolute Gasteiger partial charge is 0.307 e. The van der Waals surface area contributed by atoms with Gasteiger partial charge >= 0.3 is 5.97 Å². The lowest BCUT2D eigenvalue weighted by Gasteiger charge is -2.31. The Bertz CT molecular complexity index is 1260. The monoisotopic (exact) mass is 460 g/mol. The van der Waals surface area contributed by atoms with E-state index in [0.717, 1.165) is 23.2 Å². The van der Waals surface area contributed by atoms with Gasteiger partial charge in [0, 0.05) is 42.4 Å². The number of hydrogen-bond donors (Lipinski definition) is 1. The Labute approximate surface area is 197 Å². The molecule has 3 aromatic rings. The van der Waals surface area contributed by atoms with Gasteiger partial charge in [-0.05, 0) is 65.4 Å². The second kappa shape index (κ2) is 8.89. The number of aromatic nitrogens is 1.